The van der Waals surface area contributed by atoms with Crippen LogP contribution in [-0.4, -0.2) is 23.7 Å². The van der Waals surface area contributed by atoms with Crippen LogP contribution in [0.5, 0.6) is 0 Å². The number of carbonyl (C=O) groups excluding carboxylic acids is 1. The maximum Gasteiger partial charge on any atom is 0.220 e. The number of amides is 1. The first kappa shape index (κ1) is 14.7. The topological polar surface area (TPSA) is 49.3 Å². The molecule has 0 fully saturated rings. The van der Waals surface area contributed by atoms with Gasteiger partial charge in [-0.15, -0.1) is 0 Å². The predicted molar refractivity (Wildman–Crippen MR) is 73.4 cm³/mol. The van der Waals surface area contributed by atoms with Crippen LogP contribution < -0.4 is 5.32 Å². The van der Waals surface area contributed by atoms with Gasteiger partial charge in [-0.1, -0.05) is 37.3 Å². The lowest BCUT2D eigenvalue weighted by atomic mass is 9.97. The van der Waals surface area contributed by atoms with E-state index in [1.807, 2.05) is 37.3 Å². The van der Waals surface area contributed by atoms with Crippen LogP contribution in [-0.2, 0) is 4.79 Å². The summed E-state index contributed by atoms with van der Waals surface area (Å²) >= 11 is 0. The third kappa shape index (κ3) is 5.32. The van der Waals surface area contributed by atoms with Crippen LogP contribution in [0.2, 0.25) is 0 Å². The minimum absolute atomic E-state index is 0.0804. The van der Waals surface area contributed by atoms with Gasteiger partial charge in [0.1, 0.15) is 0 Å². The molecule has 0 saturated carbocycles. The third-order valence-corrected chi connectivity index (χ3v) is 3.06. The van der Waals surface area contributed by atoms with E-state index in [0.717, 1.165) is 12.8 Å². The van der Waals surface area contributed by atoms with Gasteiger partial charge >= 0.3 is 0 Å². The fourth-order valence-electron chi connectivity index (χ4n) is 1.98. The Balaban J connectivity index is 2.36. The molecule has 0 aliphatic carbocycles. The maximum atomic E-state index is 11.8. The second-order valence-corrected chi connectivity index (χ2v) is 4.85. The van der Waals surface area contributed by atoms with E-state index >= 15 is 0 Å². The Morgan fingerprint density at radius 3 is 2.56 bits per heavy atom. The summed E-state index contributed by atoms with van der Waals surface area (Å²) in [5, 5.41) is 11.7. The number of rotatable bonds is 7. The molecule has 0 bridgehead atoms. The second-order valence-electron chi connectivity index (χ2n) is 4.85. The number of nitrogens with one attached hydrogen (secondary N) is 1. The molecule has 0 spiro atoms. The summed E-state index contributed by atoms with van der Waals surface area (Å²) in [6.07, 6.45) is 2.06. The van der Waals surface area contributed by atoms with Crippen molar-refractivity contribution in [3.8, 4) is 0 Å². The molecular weight excluding hydrogens is 226 g/mol. The van der Waals surface area contributed by atoms with Gasteiger partial charge < -0.3 is 10.4 Å². The highest BCUT2D eigenvalue weighted by Gasteiger charge is 2.12. The molecule has 18 heavy (non-hydrogen) atoms. The molecule has 2 atom stereocenters. The normalized spacial score (nSPS) is 13.9. The molecule has 1 rings (SSSR count). The summed E-state index contributed by atoms with van der Waals surface area (Å²) in [5.74, 6) is 0.313. The van der Waals surface area contributed by atoms with Crippen molar-refractivity contribution in [2.45, 2.75) is 45.1 Å². The lowest BCUT2D eigenvalue weighted by molar-refractivity contribution is -0.122. The molecule has 0 aliphatic rings. The minimum Gasteiger partial charge on any atom is -0.396 e. The second kappa shape index (κ2) is 7.88. The number of aliphatic hydroxyl groups excluding tert-OH is 1. The van der Waals surface area contributed by atoms with Gasteiger partial charge in [0.05, 0.1) is 0 Å². The van der Waals surface area contributed by atoms with Crippen LogP contribution in [0.25, 0.3) is 0 Å². The van der Waals surface area contributed by atoms with Gasteiger partial charge in [0.2, 0.25) is 5.91 Å². The summed E-state index contributed by atoms with van der Waals surface area (Å²) in [6, 6.07) is 10.2. The number of carbonyl (C=O) groups is 1. The van der Waals surface area contributed by atoms with Crippen molar-refractivity contribution >= 4 is 5.91 Å². The molecule has 2 N–H and O–H groups in total. The van der Waals surface area contributed by atoms with Gasteiger partial charge in [-0.2, -0.15) is 0 Å². The Morgan fingerprint density at radius 2 is 1.94 bits per heavy atom. The molecule has 1 amide bonds. The highest BCUT2D eigenvalue weighted by atomic mass is 16.2. The molecule has 1 aromatic carbocycles. The molecule has 0 saturated heterocycles. The lowest BCUT2D eigenvalue weighted by Gasteiger charge is -2.16. The van der Waals surface area contributed by atoms with Crippen LogP contribution in [0.3, 0.4) is 0 Å². The third-order valence-electron chi connectivity index (χ3n) is 3.06. The van der Waals surface area contributed by atoms with Gasteiger partial charge in [0, 0.05) is 19.1 Å². The first-order valence-electron chi connectivity index (χ1n) is 6.58. The van der Waals surface area contributed by atoms with Crippen molar-refractivity contribution in [2.75, 3.05) is 6.61 Å². The van der Waals surface area contributed by atoms with Crippen molar-refractivity contribution in [1.82, 2.24) is 5.32 Å². The summed E-state index contributed by atoms with van der Waals surface area (Å²) in [7, 11) is 0. The van der Waals surface area contributed by atoms with Crippen LogP contribution >= 0.6 is 0 Å². The molecule has 0 aromatic heterocycles. The van der Waals surface area contributed by atoms with Crippen LogP contribution in [0.1, 0.15) is 44.6 Å². The average Bonchev–Trinajstić information content (AvgIpc) is 2.37. The van der Waals surface area contributed by atoms with E-state index in [9.17, 15) is 4.79 Å². The first-order chi connectivity index (χ1) is 8.63. The lowest BCUT2D eigenvalue weighted by Crippen LogP contribution is -2.33. The fraction of sp³-hybridized carbons (Fsp3) is 0.533. The van der Waals surface area contributed by atoms with E-state index in [2.05, 4.69) is 12.2 Å². The Labute approximate surface area is 109 Å². The zero-order valence-electron chi connectivity index (χ0n) is 11.2. The van der Waals surface area contributed by atoms with Crippen molar-refractivity contribution in [1.29, 1.82) is 0 Å². The van der Waals surface area contributed by atoms with E-state index in [0.29, 0.717) is 6.42 Å². The van der Waals surface area contributed by atoms with E-state index in [1.54, 1.807) is 0 Å². The molecule has 3 nitrogen and oxygen atoms in total. The number of aliphatic hydroxyl groups is 1. The Hall–Kier alpha value is -1.35. The zero-order chi connectivity index (χ0) is 13.4. The maximum absolute atomic E-state index is 11.8. The van der Waals surface area contributed by atoms with E-state index < -0.39 is 0 Å². The highest BCUT2D eigenvalue weighted by molar-refractivity contribution is 5.77. The van der Waals surface area contributed by atoms with Gasteiger partial charge in [-0.3, -0.25) is 4.79 Å². The highest BCUT2D eigenvalue weighted by Crippen LogP contribution is 2.18. The molecule has 100 valence electrons. The number of benzene rings is 1. The summed E-state index contributed by atoms with van der Waals surface area (Å²) in [6.45, 7) is 4.22. The van der Waals surface area contributed by atoms with E-state index in [4.69, 9.17) is 5.11 Å². The van der Waals surface area contributed by atoms with Crippen LogP contribution in [0.15, 0.2) is 30.3 Å². The monoisotopic (exact) mass is 249 g/mol. The van der Waals surface area contributed by atoms with E-state index in [-0.39, 0.29) is 24.5 Å². The zero-order valence-corrected chi connectivity index (χ0v) is 11.2. The van der Waals surface area contributed by atoms with Crippen LogP contribution in [0, 0.1) is 0 Å². The Kier molecular flexibility index (Phi) is 6.44. The van der Waals surface area contributed by atoms with Crippen molar-refractivity contribution in [3.63, 3.8) is 0 Å². The van der Waals surface area contributed by atoms with Gasteiger partial charge in [-0.25, -0.2) is 0 Å². The molecule has 3 heteroatoms. The van der Waals surface area contributed by atoms with Gasteiger partial charge in [0.15, 0.2) is 0 Å². The minimum atomic E-state index is 0.0804. The van der Waals surface area contributed by atoms with Crippen molar-refractivity contribution < 1.29 is 9.90 Å². The Bertz CT molecular complexity index is 351. The van der Waals surface area contributed by atoms with Crippen LogP contribution in [0.4, 0.5) is 0 Å². The summed E-state index contributed by atoms with van der Waals surface area (Å²) < 4.78 is 0. The smallest absolute Gasteiger partial charge is 0.220 e. The molecule has 1 aromatic rings. The predicted octanol–water partition coefficient (Wildman–Crippen LogP) is 2.46. The van der Waals surface area contributed by atoms with E-state index in [1.165, 1.54) is 5.56 Å². The SMILES string of the molecule is CC(CCCO)NC(=O)CC(C)c1ccccc1. The average molecular weight is 249 g/mol. The molecule has 0 aliphatic heterocycles. The van der Waals surface area contributed by atoms with Crippen molar-refractivity contribution in [3.05, 3.63) is 35.9 Å². The Morgan fingerprint density at radius 1 is 1.28 bits per heavy atom. The largest absolute Gasteiger partial charge is 0.396 e. The molecule has 2 unspecified atom stereocenters. The van der Waals surface area contributed by atoms with Gasteiger partial charge in [0.25, 0.3) is 0 Å². The first-order valence-corrected chi connectivity index (χ1v) is 6.58. The molecule has 0 heterocycles. The summed E-state index contributed by atoms with van der Waals surface area (Å²) in [5.41, 5.74) is 1.19. The van der Waals surface area contributed by atoms with Gasteiger partial charge in [-0.05, 0) is 31.2 Å². The number of hydrogen-bond donors (Lipinski definition) is 2. The number of hydrogen-bond acceptors (Lipinski definition) is 2. The summed E-state index contributed by atoms with van der Waals surface area (Å²) in [4.78, 5) is 11.8. The quantitative estimate of drug-likeness (QED) is 0.780. The standard InChI is InChI=1S/C15H23NO2/c1-12(14-8-4-3-5-9-14)11-15(18)16-13(2)7-6-10-17/h3-5,8-9,12-13,17H,6-7,10-11H2,1-2H3,(H,16,18). The molecular formula is C15H23NO2. The molecule has 0 radical (unpaired) electrons. The van der Waals surface area contributed by atoms with Crippen molar-refractivity contribution in [2.24, 2.45) is 0 Å². The fourth-order valence-corrected chi connectivity index (χ4v) is 1.98.